The highest BCUT2D eigenvalue weighted by molar-refractivity contribution is 6.16. The largest absolute Gasteiger partial charge is 0.508 e. The van der Waals surface area contributed by atoms with E-state index in [1.807, 2.05) is 11.4 Å². The molecular formula is C23H24N7O+. The van der Waals surface area contributed by atoms with Crippen LogP contribution in [0.1, 0.15) is 27.9 Å². The number of fused-ring (bicyclic) bond motifs is 2. The van der Waals surface area contributed by atoms with Crippen molar-refractivity contribution in [2.75, 3.05) is 12.3 Å². The van der Waals surface area contributed by atoms with E-state index in [0.29, 0.717) is 23.6 Å². The van der Waals surface area contributed by atoms with Crippen LogP contribution in [-0.4, -0.2) is 32.3 Å². The summed E-state index contributed by atoms with van der Waals surface area (Å²) in [5, 5.41) is 24.7. The standard InChI is InChI=1S/C23H23N7O/c24-21(19-9-16-8-17(31)3-4-18(16)30-19)20-22(25)28-12-29-23(20)27-10-13-1-2-15-11-26-6-5-14(15)7-13/h1-4,7-9,12,24,26,30-31H,5-6,10-11H2,(H3,25,27,28,29)/p+1. The van der Waals surface area contributed by atoms with Gasteiger partial charge < -0.3 is 21.1 Å². The Morgan fingerprint density at radius 1 is 1.13 bits per heavy atom. The summed E-state index contributed by atoms with van der Waals surface area (Å²) in [5.41, 5.74) is 12.3. The summed E-state index contributed by atoms with van der Waals surface area (Å²) < 4.78 is 0. The molecule has 0 spiro atoms. The van der Waals surface area contributed by atoms with Crippen molar-refractivity contribution in [1.82, 2.24) is 20.3 Å². The summed E-state index contributed by atoms with van der Waals surface area (Å²) in [6.07, 6.45) is 2.47. The number of aromatic hydroxyl groups is 1. The maximum atomic E-state index is 9.72. The van der Waals surface area contributed by atoms with Gasteiger partial charge in [-0.1, -0.05) is 12.1 Å². The second-order valence-electron chi connectivity index (χ2n) is 7.79. The number of phenols is 1. The Hall–Kier alpha value is -3.75. The van der Waals surface area contributed by atoms with E-state index in [1.165, 1.54) is 23.0 Å². The lowest BCUT2D eigenvalue weighted by Gasteiger charge is -2.17. The summed E-state index contributed by atoms with van der Waals surface area (Å²) in [6, 6.07) is 13.5. The van der Waals surface area contributed by atoms with Gasteiger partial charge in [-0.2, -0.15) is 4.98 Å². The van der Waals surface area contributed by atoms with Crippen LogP contribution in [0.25, 0.3) is 10.9 Å². The van der Waals surface area contributed by atoms with E-state index >= 15 is 0 Å². The van der Waals surface area contributed by atoms with Gasteiger partial charge in [0.2, 0.25) is 5.82 Å². The van der Waals surface area contributed by atoms with Crippen LogP contribution in [0.3, 0.4) is 0 Å². The Balaban J connectivity index is 1.43. The molecular weight excluding hydrogens is 390 g/mol. The predicted octanol–water partition coefficient (Wildman–Crippen LogP) is 1.70. The number of anilines is 1. The first-order valence-corrected chi connectivity index (χ1v) is 10.2. The molecule has 0 unspecified atom stereocenters. The molecule has 0 amide bonds. The van der Waals surface area contributed by atoms with Gasteiger partial charge in [-0.25, -0.2) is 4.98 Å². The van der Waals surface area contributed by atoms with Gasteiger partial charge in [0.05, 0.1) is 11.4 Å². The Morgan fingerprint density at radius 2 is 2.03 bits per heavy atom. The highest BCUT2D eigenvalue weighted by atomic mass is 16.3. The molecule has 1 aliphatic rings. The minimum absolute atomic E-state index is 0.182. The van der Waals surface area contributed by atoms with Crippen LogP contribution < -0.4 is 16.4 Å². The van der Waals surface area contributed by atoms with Crippen LogP contribution in [-0.2, 0) is 19.5 Å². The predicted molar refractivity (Wildman–Crippen MR) is 119 cm³/mol. The number of rotatable bonds is 5. The first-order valence-electron chi connectivity index (χ1n) is 10.2. The second kappa shape index (κ2) is 7.82. The summed E-state index contributed by atoms with van der Waals surface area (Å²) in [5.74, 6) is 1.09. The summed E-state index contributed by atoms with van der Waals surface area (Å²) in [4.78, 5) is 11.7. The van der Waals surface area contributed by atoms with Crippen molar-refractivity contribution in [2.24, 2.45) is 0 Å². The van der Waals surface area contributed by atoms with E-state index in [0.717, 1.165) is 30.4 Å². The number of H-pyrrole nitrogens is 1. The molecule has 4 aromatic rings. The Kier molecular flexibility index (Phi) is 4.85. The number of nitrogens with one attached hydrogen (secondary N) is 3. The van der Waals surface area contributed by atoms with Crippen molar-refractivity contribution < 1.29 is 10.4 Å². The lowest BCUT2D eigenvalue weighted by molar-refractivity contribution is -0.592. The van der Waals surface area contributed by atoms with Crippen LogP contribution >= 0.6 is 0 Å². The molecule has 0 saturated heterocycles. The summed E-state index contributed by atoms with van der Waals surface area (Å²) in [6.45, 7) is 2.62. The number of aromatic nitrogens is 3. The maximum absolute atomic E-state index is 9.72. The molecule has 2 aromatic heterocycles. The monoisotopic (exact) mass is 414 g/mol. The second-order valence-corrected chi connectivity index (χ2v) is 7.79. The number of nitrogens with two attached hydrogens (primary N) is 2. The minimum Gasteiger partial charge on any atom is -0.508 e. The lowest BCUT2D eigenvalue weighted by Crippen LogP contribution is -2.77. The van der Waals surface area contributed by atoms with E-state index in [9.17, 15) is 5.11 Å². The van der Waals surface area contributed by atoms with Crippen molar-refractivity contribution in [3.63, 3.8) is 0 Å². The van der Waals surface area contributed by atoms with Crippen LogP contribution in [0.5, 0.6) is 5.75 Å². The van der Waals surface area contributed by atoms with Crippen LogP contribution in [0.15, 0.2) is 48.8 Å². The number of hydrogen-bond acceptors (Lipinski definition) is 6. The number of aromatic amines is 1. The molecule has 0 bridgehead atoms. The van der Waals surface area contributed by atoms with Crippen LogP contribution in [0.4, 0.5) is 11.6 Å². The molecule has 8 nitrogen and oxygen atoms in total. The molecule has 31 heavy (non-hydrogen) atoms. The third kappa shape index (κ3) is 3.74. The highest BCUT2D eigenvalue weighted by Crippen LogP contribution is 2.24. The van der Waals surface area contributed by atoms with Gasteiger partial charge in [0, 0.05) is 23.0 Å². The number of hydrogen-bond donors (Lipinski definition) is 6. The molecule has 0 aliphatic carbocycles. The van der Waals surface area contributed by atoms with Gasteiger partial charge in [-0.15, -0.1) is 0 Å². The number of phenolic OH excluding ortho intramolecular Hbond substituents is 1. The molecule has 0 radical (unpaired) electrons. The number of benzene rings is 2. The van der Waals surface area contributed by atoms with Crippen molar-refractivity contribution >= 4 is 28.3 Å². The molecule has 0 saturated carbocycles. The Labute approximate surface area is 179 Å². The molecule has 5 rings (SSSR count). The molecule has 156 valence electrons. The molecule has 8 N–H and O–H groups in total. The van der Waals surface area contributed by atoms with Crippen molar-refractivity contribution in [3.05, 3.63) is 76.7 Å². The fourth-order valence-corrected chi connectivity index (χ4v) is 4.09. The van der Waals surface area contributed by atoms with E-state index in [2.05, 4.69) is 38.5 Å². The van der Waals surface area contributed by atoms with E-state index in [4.69, 9.17) is 11.1 Å². The minimum atomic E-state index is 0.182. The van der Waals surface area contributed by atoms with Gasteiger partial charge in [-0.05, 0) is 54.4 Å². The zero-order valence-corrected chi connectivity index (χ0v) is 16.9. The smallest absolute Gasteiger partial charge is 0.239 e. The number of quaternary nitrogens is 1. The normalized spacial score (nSPS) is 13.3. The zero-order chi connectivity index (χ0) is 21.4. The van der Waals surface area contributed by atoms with Gasteiger partial charge in [-0.3, -0.25) is 10.7 Å². The number of nitrogens with zero attached hydrogens (tertiary/aromatic N) is 2. The molecule has 8 heteroatoms. The molecule has 0 fully saturated rings. The van der Waals surface area contributed by atoms with Gasteiger partial charge in [0.25, 0.3) is 0 Å². The Bertz CT molecular complexity index is 1290. The quantitative estimate of drug-likeness (QED) is 0.276. The first kappa shape index (κ1) is 19.2. The van der Waals surface area contributed by atoms with Crippen molar-refractivity contribution in [2.45, 2.75) is 19.5 Å². The van der Waals surface area contributed by atoms with Crippen LogP contribution in [0, 0.1) is 5.41 Å². The van der Waals surface area contributed by atoms with Crippen molar-refractivity contribution in [1.29, 1.82) is 5.41 Å². The fraction of sp³-hybridized carbons (Fsp3) is 0.174. The van der Waals surface area contributed by atoms with Gasteiger partial charge in [0.15, 0.2) is 0 Å². The fourth-order valence-electron chi connectivity index (χ4n) is 4.09. The van der Waals surface area contributed by atoms with Crippen molar-refractivity contribution in [3.8, 4) is 5.75 Å². The van der Waals surface area contributed by atoms with E-state index in [1.54, 1.807) is 18.2 Å². The zero-order valence-electron chi connectivity index (χ0n) is 16.9. The maximum Gasteiger partial charge on any atom is 0.239 e. The third-order valence-electron chi connectivity index (χ3n) is 5.72. The SMILES string of the molecule is N=C(c1cc2cc(O)ccc2[nH]1)c1c(N)ncnc1[NH2+]Cc1ccc2c(c1)CCNC2. The van der Waals surface area contributed by atoms with E-state index < -0.39 is 0 Å². The molecule has 0 atom stereocenters. The Morgan fingerprint density at radius 3 is 2.94 bits per heavy atom. The molecule has 3 heterocycles. The van der Waals surface area contributed by atoms with Gasteiger partial charge >= 0.3 is 0 Å². The lowest BCUT2D eigenvalue weighted by atomic mass is 9.98. The average molecular weight is 414 g/mol. The average Bonchev–Trinajstić information content (AvgIpc) is 3.20. The number of nitrogen functional groups attached to an aromatic ring is 1. The van der Waals surface area contributed by atoms with E-state index in [-0.39, 0.29) is 17.3 Å². The first-order chi connectivity index (χ1) is 15.1. The highest BCUT2D eigenvalue weighted by Gasteiger charge is 2.21. The third-order valence-corrected chi connectivity index (χ3v) is 5.72. The molecule has 2 aromatic carbocycles. The summed E-state index contributed by atoms with van der Waals surface area (Å²) >= 11 is 0. The van der Waals surface area contributed by atoms with Gasteiger partial charge in [0.1, 0.15) is 30.0 Å². The molecule has 1 aliphatic heterocycles. The van der Waals surface area contributed by atoms with Crippen LogP contribution in [0.2, 0.25) is 0 Å². The topological polar surface area (TPSA) is 140 Å². The summed E-state index contributed by atoms with van der Waals surface area (Å²) in [7, 11) is 0.